The van der Waals surface area contributed by atoms with Gasteiger partial charge in [-0.2, -0.15) is 4.31 Å². The number of hydrogen-bond acceptors (Lipinski definition) is 4. The Kier molecular flexibility index (Phi) is 5.99. The fourth-order valence-electron chi connectivity index (χ4n) is 3.56. The number of amides is 1. The molecule has 0 bridgehead atoms. The number of ether oxygens (including phenoxy) is 1. The van der Waals surface area contributed by atoms with Crippen molar-refractivity contribution in [1.29, 1.82) is 0 Å². The molecular weight excluding hydrogens is 352 g/mol. The summed E-state index contributed by atoms with van der Waals surface area (Å²) in [5, 5.41) is 0. The number of carbonyl (C=O) groups excluding carboxylic acids is 1. The Morgan fingerprint density at radius 2 is 1.77 bits per heavy atom. The summed E-state index contributed by atoms with van der Waals surface area (Å²) in [7, 11) is -3.42. The molecule has 3 rings (SSSR count). The topological polar surface area (TPSA) is 66.9 Å². The Morgan fingerprint density at radius 3 is 2.42 bits per heavy atom. The van der Waals surface area contributed by atoms with Crippen LogP contribution >= 0.6 is 0 Å². The summed E-state index contributed by atoms with van der Waals surface area (Å²) in [6.45, 7) is 6.29. The molecule has 0 spiro atoms. The zero-order valence-electron chi connectivity index (χ0n) is 15.6. The number of nitrogens with zero attached hydrogens (tertiary/aromatic N) is 2. The maximum atomic E-state index is 12.7. The summed E-state index contributed by atoms with van der Waals surface area (Å²) in [5.41, 5.74) is 0.832. The van der Waals surface area contributed by atoms with Gasteiger partial charge in [-0.05, 0) is 44.4 Å². The summed E-state index contributed by atoms with van der Waals surface area (Å²) < 4.78 is 32.5. The summed E-state index contributed by atoms with van der Waals surface area (Å²) in [4.78, 5) is 14.8. The molecule has 0 saturated carbocycles. The van der Waals surface area contributed by atoms with Crippen LogP contribution in [0.2, 0.25) is 0 Å². The molecule has 2 fully saturated rings. The van der Waals surface area contributed by atoms with Crippen LogP contribution in [0, 0.1) is 0 Å². The van der Waals surface area contributed by atoms with Crippen LogP contribution in [0.3, 0.4) is 0 Å². The molecule has 1 aromatic carbocycles. The predicted octanol–water partition coefficient (Wildman–Crippen LogP) is 2.04. The molecule has 2 atom stereocenters. The molecule has 2 unspecified atom stereocenters. The molecule has 7 heteroatoms. The van der Waals surface area contributed by atoms with E-state index in [1.54, 1.807) is 28.6 Å². The summed E-state index contributed by atoms with van der Waals surface area (Å²) in [5.74, 6) is 0.0549. The van der Waals surface area contributed by atoms with Gasteiger partial charge in [0.1, 0.15) is 0 Å². The SMILES string of the molecule is CC1CN(C(=O)Cc2ccc(S(=O)(=O)N3CCCCC3)cc2)C(C)CO1. The van der Waals surface area contributed by atoms with E-state index in [-0.39, 0.29) is 24.5 Å². The highest BCUT2D eigenvalue weighted by atomic mass is 32.2. The van der Waals surface area contributed by atoms with Crippen LogP contribution in [0.4, 0.5) is 0 Å². The van der Waals surface area contributed by atoms with E-state index in [2.05, 4.69) is 0 Å². The van der Waals surface area contributed by atoms with Crippen molar-refractivity contribution in [2.45, 2.75) is 56.6 Å². The van der Waals surface area contributed by atoms with Crippen LogP contribution in [0.5, 0.6) is 0 Å². The second kappa shape index (κ2) is 8.06. The van der Waals surface area contributed by atoms with E-state index in [0.717, 1.165) is 24.8 Å². The van der Waals surface area contributed by atoms with Gasteiger partial charge in [0, 0.05) is 19.6 Å². The van der Waals surface area contributed by atoms with E-state index in [0.29, 0.717) is 31.1 Å². The van der Waals surface area contributed by atoms with Crippen LogP contribution in [-0.4, -0.2) is 61.9 Å². The minimum Gasteiger partial charge on any atom is -0.375 e. The van der Waals surface area contributed by atoms with Crippen molar-refractivity contribution in [2.75, 3.05) is 26.2 Å². The minimum atomic E-state index is -3.42. The van der Waals surface area contributed by atoms with Gasteiger partial charge in [0.05, 0.1) is 30.1 Å². The van der Waals surface area contributed by atoms with E-state index < -0.39 is 10.0 Å². The first-order valence-electron chi connectivity index (χ1n) is 9.38. The second-order valence-electron chi connectivity index (χ2n) is 7.32. The fourth-order valence-corrected chi connectivity index (χ4v) is 5.08. The monoisotopic (exact) mass is 380 g/mol. The third-order valence-corrected chi connectivity index (χ3v) is 7.07. The Bertz CT molecular complexity index is 726. The number of morpholine rings is 1. The molecule has 144 valence electrons. The Labute approximate surface area is 156 Å². The van der Waals surface area contributed by atoms with E-state index in [9.17, 15) is 13.2 Å². The molecule has 26 heavy (non-hydrogen) atoms. The van der Waals surface area contributed by atoms with Crippen molar-refractivity contribution in [3.8, 4) is 0 Å². The summed E-state index contributed by atoms with van der Waals surface area (Å²) in [6.07, 6.45) is 3.25. The number of hydrogen-bond donors (Lipinski definition) is 0. The zero-order valence-corrected chi connectivity index (χ0v) is 16.4. The van der Waals surface area contributed by atoms with Gasteiger partial charge in [-0.3, -0.25) is 4.79 Å². The van der Waals surface area contributed by atoms with Gasteiger partial charge in [0.15, 0.2) is 0 Å². The third-order valence-electron chi connectivity index (χ3n) is 5.16. The minimum absolute atomic E-state index is 0.0483. The molecule has 2 aliphatic rings. The molecule has 1 amide bonds. The van der Waals surface area contributed by atoms with Gasteiger partial charge in [0.2, 0.25) is 15.9 Å². The number of rotatable bonds is 4. The molecule has 1 aromatic rings. The summed E-state index contributed by atoms with van der Waals surface area (Å²) >= 11 is 0. The third kappa shape index (κ3) is 4.27. The van der Waals surface area contributed by atoms with Crippen molar-refractivity contribution in [3.63, 3.8) is 0 Å². The normalized spacial score (nSPS) is 25.2. The highest BCUT2D eigenvalue weighted by Crippen LogP contribution is 2.21. The number of sulfonamides is 1. The van der Waals surface area contributed by atoms with Crippen LogP contribution in [-0.2, 0) is 26.0 Å². The lowest BCUT2D eigenvalue weighted by Gasteiger charge is -2.37. The maximum Gasteiger partial charge on any atom is 0.243 e. The van der Waals surface area contributed by atoms with Gasteiger partial charge in [0.25, 0.3) is 0 Å². The number of benzene rings is 1. The standard InChI is InChI=1S/C19H28N2O4S/c1-15-14-25-16(2)13-21(15)19(22)12-17-6-8-18(9-7-17)26(23,24)20-10-4-3-5-11-20/h6-9,15-16H,3-5,10-14H2,1-2H3. The van der Waals surface area contributed by atoms with Crippen molar-refractivity contribution >= 4 is 15.9 Å². The maximum absolute atomic E-state index is 12.7. The van der Waals surface area contributed by atoms with Crippen LogP contribution in [0.15, 0.2) is 29.2 Å². The molecule has 0 aromatic heterocycles. The highest BCUT2D eigenvalue weighted by molar-refractivity contribution is 7.89. The average molecular weight is 381 g/mol. The molecule has 0 radical (unpaired) electrons. The van der Waals surface area contributed by atoms with E-state index in [1.807, 2.05) is 18.7 Å². The van der Waals surface area contributed by atoms with E-state index in [4.69, 9.17) is 4.74 Å². The molecule has 2 aliphatic heterocycles. The Morgan fingerprint density at radius 1 is 1.12 bits per heavy atom. The molecule has 0 N–H and O–H groups in total. The first kappa shape index (κ1) is 19.3. The molecular formula is C19H28N2O4S. The quantitative estimate of drug-likeness (QED) is 0.802. The van der Waals surface area contributed by atoms with Gasteiger partial charge in [-0.15, -0.1) is 0 Å². The molecule has 0 aliphatic carbocycles. The number of carbonyl (C=O) groups is 1. The number of piperidine rings is 1. The lowest BCUT2D eigenvalue weighted by atomic mass is 10.1. The van der Waals surface area contributed by atoms with Crippen LogP contribution in [0.1, 0.15) is 38.7 Å². The molecule has 2 heterocycles. The first-order valence-corrected chi connectivity index (χ1v) is 10.8. The Hall–Kier alpha value is -1.44. The molecule has 6 nitrogen and oxygen atoms in total. The van der Waals surface area contributed by atoms with Crippen molar-refractivity contribution < 1.29 is 17.9 Å². The van der Waals surface area contributed by atoms with Crippen molar-refractivity contribution in [3.05, 3.63) is 29.8 Å². The van der Waals surface area contributed by atoms with Gasteiger partial charge >= 0.3 is 0 Å². The lowest BCUT2D eigenvalue weighted by molar-refractivity contribution is -0.142. The highest BCUT2D eigenvalue weighted by Gasteiger charge is 2.28. The van der Waals surface area contributed by atoms with Gasteiger partial charge < -0.3 is 9.64 Å². The largest absolute Gasteiger partial charge is 0.375 e. The van der Waals surface area contributed by atoms with E-state index >= 15 is 0 Å². The lowest BCUT2D eigenvalue weighted by Crippen LogP contribution is -2.50. The second-order valence-corrected chi connectivity index (χ2v) is 9.26. The van der Waals surface area contributed by atoms with Crippen LogP contribution < -0.4 is 0 Å². The fraction of sp³-hybridized carbons (Fsp3) is 0.632. The first-order chi connectivity index (χ1) is 12.4. The van der Waals surface area contributed by atoms with Crippen LogP contribution in [0.25, 0.3) is 0 Å². The Balaban J connectivity index is 1.66. The predicted molar refractivity (Wildman–Crippen MR) is 99.3 cm³/mol. The van der Waals surface area contributed by atoms with Crippen molar-refractivity contribution in [2.24, 2.45) is 0 Å². The smallest absolute Gasteiger partial charge is 0.243 e. The van der Waals surface area contributed by atoms with E-state index in [1.165, 1.54) is 0 Å². The zero-order chi connectivity index (χ0) is 18.7. The average Bonchev–Trinajstić information content (AvgIpc) is 2.65. The van der Waals surface area contributed by atoms with Gasteiger partial charge in [-0.25, -0.2) is 8.42 Å². The summed E-state index contributed by atoms with van der Waals surface area (Å²) in [6, 6.07) is 6.82. The molecule has 2 saturated heterocycles. The van der Waals surface area contributed by atoms with Crippen molar-refractivity contribution in [1.82, 2.24) is 9.21 Å². The van der Waals surface area contributed by atoms with Gasteiger partial charge in [-0.1, -0.05) is 18.6 Å².